The Morgan fingerprint density at radius 2 is 2.00 bits per heavy atom. The number of rotatable bonds is 7. The molecule has 0 bridgehead atoms. The van der Waals surface area contributed by atoms with Crippen molar-refractivity contribution in [3.63, 3.8) is 0 Å². The Hall–Kier alpha value is -2.22. The third-order valence-electron chi connectivity index (χ3n) is 4.65. The van der Waals surface area contributed by atoms with E-state index in [1.807, 2.05) is 23.1 Å². The van der Waals surface area contributed by atoms with E-state index in [9.17, 15) is 4.79 Å². The van der Waals surface area contributed by atoms with Crippen molar-refractivity contribution < 1.29 is 18.7 Å². The zero-order valence-corrected chi connectivity index (χ0v) is 16.7. The van der Waals surface area contributed by atoms with Gasteiger partial charge < -0.3 is 18.8 Å². The molecular weight excluding hydrogens is 366 g/mol. The van der Waals surface area contributed by atoms with Crippen LogP contribution < -0.4 is 9.47 Å². The number of likely N-dealkylation sites (tertiary alicyclic amines) is 1. The van der Waals surface area contributed by atoms with Gasteiger partial charge in [-0.3, -0.25) is 4.79 Å². The Kier molecular flexibility index (Phi) is 6.60. The van der Waals surface area contributed by atoms with Crippen molar-refractivity contribution in [1.82, 2.24) is 15.1 Å². The second kappa shape index (κ2) is 9.12. The molecule has 1 aromatic heterocycles. The molecule has 3 rings (SSSR count). The van der Waals surface area contributed by atoms with Crippen molar-refractivity contribution in [3.8, 4) is 11.5 Å². The first-order valence-corrected chi connectivity index (χ1v) is 10.1. The summed E-state index contributed by atoms with van der Waals surface area (Å²) in [5, 5.41) is 8.34. The molecule has 1 aliphatic heterocycles. The largest absolute Gasteiger partial charge is 0.497 e. The minimum Gasteiger partial charge on any atom is -0.497 e. The highest BCUT2D eigenvalue weighted by atomic mass is 32.2. The van der Waals surface area contributed by atoms with Crippen LogP contribution >= 0.6 is 11.8 Å². The number of carbonyl (C=O) groups is 1. The second-order valence-corrected chi connectivity index (χ2v) is 7.57. The highest BCUT2D eigenvalue weighted by Gasteiger charge is 2.29. The standard InChI is InChI=1S/C19H25N3O4S/c1-13-6-4-7-14(2)22(13)18(23)12-27-19-21-20-17(26-19)11-25-16-9-5-8-15(10-16)24-3/h5,8-10,13-14H,4,6-7,11-12H2,1-3H3/t13-,14-/m0/s1. The number of hydrogen-bond donors (Lipinski definition) is 0. The van der Waals surface area contributed by atoms with E-state index < -0.39 is 0 Å². The second-order valence-electron chi connectivity index (χ2n) is 6.65. The van der Waals surface area contributed by atoms with Crippen LogP contribution in [0.25, 0.3) is 0 Å². The molecule has 146 valence electrons. The Morgan fingerprint density at radius 1 is 1.26 bits per heavy atom. The highest BCUT2D eigenvalue weighted by molar-refractivity contribution is 7.99. The maximum Gasteiger partial charge on any atom is 0.277 e. The van der Waals surface area contributed by atoms with E-state index in [1.165, 1.54) is 18.2 Å². The number of carbonyl (C=O) groups excluding carboxylic acids is 1. The Bertz CT molecular complexity index is 757. The van der Waals surface area contributed by atoms with E-state index >= 15 is 0 Å². The maximum atomic E-state index is 12.5. The molecule has 2 heterocycles. The number of methoxy groups -OCH3 is 1. The summed E-state index contributed by atoms with van der Waals surface area (Å²) in [6.07, 6.45) is 3.31. The summed E-state index contributed by atoms with van der Waals surface area (Å²) in [5.41, 5.74) is 0. The van der Waals surface area contributed by atoms with Gasteiger partial charge in [0.05, 0.1) is 12.9 Å². The molecule has 0 aliphatic carbocycles. The predicted molar refractivity (Wildman–Crippen MR) is 102 cm³/mol. The summed E-state index contributed by atoms with van der Waals surface area (Å²) in [7, 11) is 1.60. The quantitative estimate of drug-likeness (QED) is 0.668. The van der Waals surface area contributed by atoms with E-state index in [2.05, 4.69) is 24.0 Å². The predicted octanol–water partition coefficient (Wildman–Crippen LogP) is 3.54. The van der Waals surface area contributed by atoms with Gasteiger partial charge in [-0.05, 0) is 45.2 Å². The fourth-order valence-corrected chi connectivity index (χ4v) is 3.95. The normalized spacial score (nSPS) is 19.7. The Balaban J connectivity index is 1.49. The van der Waals surface area contributed by atoms with Gasteiger partial charge in [0.2, 0.25) is 5.91 Å². The van der Waals surface area contributed by atoms with Crippen LogP contribution in [0.15, 0.2) is 33.9 Å². The third kappa shape index (κ3) is 5.15. The molecular formula is C19H25N3O4S. The summed E-state index contributed by atoms with van der Waals surface area (Å²) < 4.78 is 16.4. The Labute approximate surface area is 163 Å². The number of nitrogens with zero attached hydrogens (tertiary/aromatic N) is 3. The number of amides is 1. The third-order valence-corrected chi connectivity index (χ3v) is 5.46. The number of piperidine rings is 1. The lowest BCUT2D eigenvalue weighted by atomic mass is 9.98. The van der Waals surface area contributed by atoms with Gasteiger partial charge in [-0.15, -0.1) is 10.2 Å². The van der Waals surface area contributed by atoms with Crippen LogP contribution in [0.3, 0.4) is 0 Å². The van der Waals surface area contributed by atoms with E-state index in [0.29, 0.717) is 28.4 Å². The van der Waals surface area contributed by atoms with Crippen molar-refractivity contribution in [3.05, 3.63) is 30.2 Å². The van der Waals surface area contributed by atoms with Crippen LogP contribution in [0.1, 0.15) is 39.0 Å². The fraction of sp³-hybridized carbons (Fsp3) is 0.526. The SMILES string of the molecule is COc1cccc(OCc2nnc(SCC(=O)N3[C@@H](C)CCC[C@@H]3C)o2)c1. The van der Waals surface area contributed by atoms with Gasteiger partial charge in [0, 0.05) is 18.2 Å². The zero-order valence-electron chi connectivity index (χ0n) is 15.9. The summed E-state index contributed by atoms with van der Waals surface area (Å²) >= 11 is 1.27. The highest BCUT2D eigenvalue weighted by Crippen LogP contribution is 2.25. The number of hydrogen-bond acceptors (Lipinski definition) is 7. The van der Waals surface area contributed by atoms with Gasteiger partial charge >= 0.3 is 0 Å². The van der Waals surface area contributed by atoms with E-state index in [1.54, 1.807) is 13.2 Å². The van der Waals surface area contributed by atoms with E-state index in [-0.39, 0.29) is 24.6 Å². The van der Waals surface area contributed by atoms with Crippen molar-refractivity contribution >= 4 is 17.7 Å². The minimum atomic E-state index is 0.118. The lowest BCUT2D eigenvalue weighted by molar-refractivity contribution is -0.134. The zero-order chi connectivity index (χ0) is 19.2. The first-order chi connectivity index (χ1) is 13.1. The van der Waals surface area contributed by atoms with Crippen LogP contribution in [0.5, 0.6) is 11.5 Å². The van der Waals surface area contributed by atoms with E-state index in [0.717, 1.165) is 12.8 Å². The fourth-order valence-electron chi connectivity index (χ4n) is 3.30. The lowest BCUT2D eigenvalue weighted by Crippen LogP contribution is -2.48. The molecule has 2 atom stereocenters. The van der Waals surface area contributed by atoms with E-state index in [4.69, 9.17) is 13.9 Å². The van der Waals surface area contributed by atoms with Gasteiger partial charge in [0.15, 0.2) is 6.61 Å². The molecule has 1 aromatic carbocycles. The molecule has 0 unspecified atom stereocenters. The van der Waals surface area contributed by atoms with Crippen LogP contribution in [0, 0.1) is 0 Å². The summed E-state index contributed by atoms with van der Waals surface area (Å²) in [5.74, 6) is 2.16. The maximum absolute atomic E-state index is 12.5. The monoisotopic (exact) mass is 391 g/mol. The van der Waals surface area contributed by atoms with Crippen LogP contribution in [0.2, 0.25) is 0 Å². The molecule has 1 saturated heterocycles. The van der Waals surface area contributed by atoms with Crippen molar-refractivity contribution in [2.75, 3.05) is 12.9 Å². The van der Waals surface area contributed by atoms with Crippen LogP contribution in [-0.2, 0) is 11.4 Å². The summed E-state index contributed by atoms with van der Waals surface area (Å²) in [6, 6.07) is 7.87. The molecule has 0 radical (unpaired) electrons. The molecule has 0 saturated carbocycles. The van der Waals surface area contributed by atoms with Crippen molar-refractivity contribution in [2.45, 2.75) is 57.0 Å². The van der Waals surface area contributed by atoms with Gasteiger partial charge in [0.25, 0.3) is 11.1 Å². The molecule has 0 N–H and O–H groups in total. The number of ether oxygens (including phenoxy) is 2. The molecule has 1 amide bonds. The molecule has 0 spiro atoms. The van der Waals surface area contributed by atoms with Gasteiger partial charge in [-0.1, -0.05) is 17.8 Å². The Morgan fingerprint density at radius 3 is 2.74 bits per heavy atom. The first kappa shape index (κ1) is 19.5. The first-order valence-electron chi connectivity index (χ1n) is 9.10. The smallest absolute Gasteiger partial charge is 0.277 e. The molecule has 2 aromatic rings. The van der Waals surface area contributed by atoms with Gasteiger partial charge in [0.1, 0.15) is 11.5 Å². The molecule has 7 nitrogen and oxygen atoms in total. The van der Waals surface area contributed by atoms with Crippen LogP contribution in [-0.4, -0.2) is 46.0 Å². The molecule has 1 fully saturated rings. The number of thioether (sulfide) groups is 1. The topological polar surface area (TPSA) is 77.7 Å². The summed E-state index contributed by atoms with van der Waals surface area (Å²) in [6.45, 7) is 4.38. The molecule has 1 aliphatic rings. The lowest BCUT2D eigenvalue weighted by Gasteiger charge is -2.39. The average Bonchev–Trinajstić information content (AvgIpc) is 3.13. The van der Waals surface area contributed by atoms with Gasteiger partial charge in [-0.2, -0.15) is 0 Å². The number of aromatic nitrogens is 2. The molecule has 27 heavy (non-hydrogen) atoms. The van der Waals surface area contributed by atoms with Crippen molar-refractivity contribution in [2.24, 2.45) is 0 Å². The van der Waals surface area contributed by atoms with Gasteiger partial charge in [-0.25, -0.2) is 0 Å². The van der Waals surface area contributed by atoms with Crippen molar-refractivity contribution in [1.29, 1.82) is 0 Å². The minimum absolute atomic E-state index is 0.118. The number of benzene rings is 1. The van der Waals surface area contributed by atoms with Crippen LogP contribution in [0.4, 0.5) is 0 Å². The average molecular weight is 391 g/mol. The molecule has 8 heteroatoms. The summed E-state index contributed by atoms with van der Waals surface area (Å²) in [4.78, 5) is 14.5.